The molecule has 0 amide bonds. The number of carbonyl (C=O) groups is 1. The summed E-state index contributed by atoms with van der Waals surface area (Å²) in [5.41, 5.74) is -1.08. The summed E-state index contributed by atoms with van der Waals surface area (Å²) < 4.78 is 44.4. The topological polar surface area (TPSA) is 26.3 Å². The van der Waals surface area contributed by atoms with Crippen LogP contribution in [0.25, 0.3) is 0 Å². The lowest BCUT2D eigenvalue weighted by molar-refractivity contribution is -0.137. The molecule has 0 radical (unpaired) electrons. The Hall–Kier alpha value is -1.52. The van der Waals surface area contributed by atoms with Crippen LogP contribution in [-0.2, 0) is 6.18 Å². The Morgan fingerprint density at radius 3 is 2.33 bits per heavy atom. The first-order valence-corrected chi connectivity index (χ1v) is 7.33. The normalized spacial score (nSPS) is 21.6. The van der Waals surface area contributed by atoms with Gasteiger partial charge >= 0.3 is 6.18 Å². The van der Waals surface area contributed by atoms with Crippen LogP contribution in [0, 0.1) is 0 Å². The van der Waals surface area contributed by atoms with E-state index in [1.54, 1.807) is 0 Å². The Kier molecular flexibility index (Phi) is 3.46. The van der Waals surface area contributed by atoms with Crippen molar-refractivity contribution in [3.05, 3.63) is 29.3 Å². The zero-order chi connectivity index (χ0) is 15.1. The number of halogens is 3. The minimum atomic E-state index is -4.42. The van der Waals surface area contributed by atoms with E-state index in [0.29, 0.717) is 0 Å². The number of benzene rings is 1. The summed E-state index contributed by atoms with van der Waals surface area (Å²) >= 11 is 0. The molecule has 1 spiro atoms. The van der Waals surface area contributed by atoms with E-state index in [2.05, 4.69) is 0 Å². The summed E-state index contributed by atoms with van der Waals surface area (Å²) in [7, 11) is 0. The van der Waals surface area contributed by atoms with Gasteiger partial charge in [-0.1, -0.05) is 12.8 Å². The van der Waals surface area contributed by atoms with E-state index < -0.39 is 17.3 Å². The molecule has 1 aromatic rings. The van der Waals surface area contributed by atoms with Gasteiger partial charge in [0.1, 0.15) is 11.4 Å². The van der Waals surface area contributed by atoms with Crippen molar-refractivity contribution in [1.29, 1.82) is 0 Å². The van der Waals surface area contributed by atoms with Crippen molar-refractivity contribution in [3.63, 3.8) is 0 Å². The Morgan fingerprint density at radius 1 is 1.05 bits per heavy atom. The van der Waals surface area contributed by atoms with Crippen LogP contribution in [0.1, 0.15) is 60.9 Å². The second kappa shape index (κ2) is 5.04. The van der Waals surface area contributed by atoms with E-state index in [0.717, 1.165) is 50.7 Å². The Balaban J connectivity index is 1.97. The van der Waals surface area contributed by atoms with Gasteiger partial charge < -0.3 is 4.74 Å². The number of carbonyl (C=O) groups excluding carboxylic acids is 1. The highest BCUT2D eigenvalue weighted by Gasteiger charge is 2.41. The molecule has 0 bridgehead atoms. The van der Waals surface area contributed by atoms with Gasteiger partial charge in [-0.15, -0.1) is 0 Å². The summed E-state index contributed by atoms with van der Waals surface area (Å²) in [5.74, 6) is -0.00477. The maximum absolute atomic E-state index is 12.8. The van der Waals surface area contributed by atoms with Crippen LogP contribution in [0.2, 0.25) is 0 Å². The fourth-order valence-electron chi connectivity index (χ4n) is 3.32. The second-order valence-corrected chi connectivity index (χ2v) is 6.01. The maximum Gasteiger partial charge on any atom is 0.416 e. The fourth-order valence-corrected chi connectivity index (χ4v) is 3.32. The molecular formula is C16H17F3O2. The van der Waals surface area contributed by atoms with E-state index in [4.69, 9.17) is 4.74 Å². The molecule has 1 aliphatic heterocycles. The third-order valence-electron chi connectivity index (χ3n) is 4.43. The lowest BCUT2D eigenvalue weighted by atomic mass is 9.84. The Morgan fingerprint density at radius 2 is 1.71 bits per heavy atom. The minimum Gasteiger partial charge on any atom is -0.486 e. The van der Waals surface area contributed by atoms with Gasteiger partial charge in [0.15, 0.2) is 5.78 Å². The molecule has 1 heterocycles. The predicted octanol–water partition coefficient (Wildman–Crippen LogP) is 4.76. The van der Waals surface area contributed by atoms with Crippen molar-refractivity contribution >= 4 is 5.78 Å². The molecule has 5 heteroatoms. The predicted molar refractivity (Wildman–Crippen MR) is 71.5 cm³/mol. The largest absolute Gasteiger partial charge is 0.486 e. The molecule has 0 aromatic heterocycles. The SMILES string of the molecule is O=C1CC2(CCCCCC2)Oc2cc(C(F)(F)F)ccc21. The summed E-state index contributed by atoms with van der Waals surface area (Å²) in [5, 5.41) is 0. The summed E-state index contributed by atoms with van der Waals surface area (Å²) in [4.78, 5) is 12.3. The first-order chi connectivity index (χ1) is 9.90. The highest BCUT2D eigenvalue weighted by molar-refractivity contribution is 6.00. The van der Waals surface area contributed by atoms with E-state index in [1.807, 2.05) is 0 Å². The van der Waals surface area contributed by atoms with E-state index in [9.17, 15) is 18.0 Å². The number of rotatable bonds is 0. The van der Waals surface area contributed by atoms with Crippen LogP contribution in [0.5, 0.6) is 5.75 Å². The Labute approximate surface area is 121 Å². The van der Waals surface area contributed by atoms with E-state index >= 15 is 0 Å². The van der Waals surface area contributed by atoms with E-state index in [-0.39, 0.29) is 23.5 Å². The molecule has 114 valence electrons. The Bertz CT molecular complexity index is 555. The average Bonchev–Trinajstić information content (AvgIpc) is 2.62. The van der Waals surface area contributed by atoms with Crippen LogP contribution in [0.3, 0.4) is 0 Å². The standard InChI is InChI=1S/C16H17F3O2/c17-16(18,19)11-5-6-12-13(20)10-15(21-14(12)9-11)7-3-1-2-4-8-15/h5-6,9H,1-4,7-8,10H2. The molecule has 1 aliphatic carbocycles. The van der Waals surface area contributed by atoms with Crippen molar-refractivity contribution in [2.75, 3.05) is 0 Å². The average molecular weight is 298 g/mol. The third kappa shape index (κ3) is 2.78. The summed E-state index contributed by atoms with van der Waals surface area (Å²) in [6, 6.07) is 3.16. The molecule has 1 aromatic carbocycles. The van der Waals surface area contributed by atoms with Gasteiger partial charge in [-0.05, 0) is 43.9 Å². The van der Waals surface area contributed by atoms with Gasteiger partial charge in [-0.3, -0.25) is 4.79 Å². The van der Waals surface area contributed by atoms with Gasteiger partial charge in [0.2, 0.25) is 0 Å². The molecular weight excluding hydrogens is 281 g/mol. The monoisotopic (exact) mass is 298 g/mol. The van der Waals surface area contributed by atoms with Gasteiger partial charge in [0.25, 0.3) is 0 Å². The highest BCUT2D eigenvalue weighted by Crippen LogP contribution is 2.43. The van der Waals surface area contributed by atoms with Crippen molar-refractivity contribution in [3.8, 4) is 5.75 Å². The van der Waals surface area contributed by atoms with E-state index in [1.165, 1.54) is 6.07 Å². The first kappa shape index (κ1) is 14.4. The number of ketones is 1. The molecule has 0 N–H and O–H groups in total. The molecule has 0 atom stereocenters. The zero-order valence-electron chi connectivity index (χ0n) is 11.6. The van der Waals surface area contributed by atoms with Crippen molar-refractivity contribution in [2.24, 2.45) is 0 Å². The number of alkyl halides is 3. The number of Topliss-reactive ketones (excluding diaryl/α,β-unsaturated/α-hetero) is 1. The van der Waals surface area contributed by atoms with Crippen LogP contribution >= 0.6 is 0 Å². The minimum absolute atomic E-state index is 0.1000. The quantitative estimate of drug-likeness (QED) is 0.690. The van der Waals surface area contributed by atoms with Crippen molar-refractivity contribution < 1.29 is 22.7 Å². The molecule has 2 aliphatic rings. The lowest BCUT2D eigenvalue weighted by Gasteiger charge is -2.37. The second-order valence-electron chi connectivity index (χ2n) is 6.01. The van der Waals surface area contributed by atoms with Crippen LogP contribution in [-0.4, -0.2) is 11.4 Å². The molecule has 1 fully saturated rings. The van der Waals surface area contributed by atoms with Gasteiger partial charge in [0, 0.05) is 0 Å². The summed E-state index contributed by atoms with van der Waals surface area (Å²) in [6.45, 7) is 0. The van der Waals surface area contributed by atoms with Gasteiger partial charge in [0.05, 0.1) is 17.5 Å². The maximum atomic E-state index is 12.8. The third-order valence-corrected chi connectivity index (χ3v) is 4.43. The fraction of sp³-hybridized carbons (Fsp3) is 0.562. The zero-order valence-corrected chi connectivity index (χ0v) is 11.6. The van der Waals surface area contributed by atoms with Crippen LogP contribution < -0.4 is 4.74 Å². The molecule has 21 heavy (non-hydrogen) atoms. The molecule has 0 unspecified atom stereocenters. The highest BCUT2D eigenvalue weighted by atomic mass is 19.4. The molecule has 2 nitrogen and oxygen atoms in total. The number of ether oxygens (including phenoxy) is 1. The molecule has 0 saturated heterocycles. The van der Waals surface area contributed by atoms with Crippen LogP contribution in [0.15, 0.2) is 18.2 Å². The van der Waals surface area contributed by atoms with Crippen molar-refractivity contribution in [2.45, 2.75) is 56.7 Å². The molecule has 3 rings (SSSR count). The van der Waals surface area contributed by atoms with Gasteiger partial charge in [-0.2, -0.15) is 13.2 Å². The number of hydrogen-bond donors (Lipinski definition) is 0. The number of fused-ring (bicyclic) bond motifs is 1. The number of hydrogen-bond acceptors (Lipinski definition) is 2. The van der Waals surface area contributed by atoms with Crippen molar-refractivity contribution in [1.82, 2.24) is 0 Å². The smallest absolute Gasteiger partial charge is 0.416 e. The van der Waals surface area contributed by atoms with Gasteiger partial charge in [-0.25, -0.2) is 0 Å². The summed E-state index contributed by atoms with van der Waals surface area (Å²) in [6.07, 6.45) is 1.45. The molecule has 1 saturated carbocycles. The first-order valence-electron chi connectivity index (χ1n) is 7.33. The lowest BCUT2D eigenvalue weighted by Crippen LogP contribution is -2.41. The van der Waals surface area contributed by atoms with Crippen LogP contribution in [0.4, 0.5) is 13.2 Å².